The van der Waals surface area contributed by atoms with Gasteiger partial charge in [0.15, 0.2) is 0 Å². The third kappa shape index (κ3) is 3.13. The van der Waals surface area contributed by atoms with Gasteiger partial charge in [0.05, 0.1) is 6.20 Å². The fourth-order valence-corrected chi connectivity index (χ4v) is 1.10. The van der Waals surface area contributed by atoms with Gasteiger partial charge < -0.3 is 0 Å². The van der Waals surface area contributed by atoms with Gasteiger partial charge in [-0.15, -0.1) is 10.2 Å². The number of aromatic nitrogens is 3. The van der Waals surface area contributed by atoms with E-state index in [1.807, 2.05) is 38.1 Å². The van der Waals surface area contributed by atoms with Crippen molar-refractivity contribution in [1.29, 1.82) is 0 Å². The average molecular weight is 201 g/mol. The highest BCUT2D eigenvalue weighted by Gasteiger charge is 1.97. The molecule has 0 spiro atoms. The van der Waals surface area contributed by atoms with Crippen LogP contribution in [-0.2, 0) is 0 Å². The van der Waals surface area contributed by atoms with E-state index in [9.17, 15) is 0 Å². The molecule has 0 atom stereocenters. The summed E-state index contributed by atoms with van der Waals surface area (Å²) >= 11 is 0. The topological polar surface area (TPSA) is 38.7 Å². The largest absolute Gasteiger partial charge is 0.241 e. The number of benzene rings is 1. The molecule has 0 amide bonds. The van der Waals surface area contributed by atoms with Crippen LogP contribution in [0.1, 0.15) is 19.4 Å². The van der Waals surface area contributed by atoms with Crippen LogP contribution in [0.3, 0.4) is 0 Å². The van der Waals surface area contributed by atoms with Crippen molar-refractivity contribution in [3.05, 3.63) is 42.4 Å². The first-order valence-corrected chi connectivity index (χ1v) is 5.06. The second-order valence-electron chi connectivity index (χ2n) is 2.86. The minimum absolute atomic E-state index is 0.808. The second-order valence-corrected chi connectivity index (χ2v) is 2.86. The molecule has 0 N–H and O–H groups in total. The van der Waals surface area contributed by atoms with Gasteiger partial charge in [-0.1, -0.05) is 43.7 Å². The van der Waals surface area contributed by atoms with Crippen molar-refractivity contribution in [3.63, 3.8) is 0 Å². The van der Waals surface area contributed by atoms with Crippen molar-refractivity contribution < 1.29 is 0 Å². The Morgan fingerprint density at radius 3 is 2.20 bits per heavy atom. The first-order chi connectivity index (χ1) is 7.36. The summed E-state index contributed by atoms with van der Waals surface area (Å²) in [5, 5.41) is 7.69. The number of hydrogen-bond acceptors (Lipinski definition) is 3. The van der Waals surface area contributed by atoms with Crippen LogP contribution in [0.4, 0.5) is 0 Å². The highest BCUT2D eigenvalue weighted by atomic mass is 15.1. The van der Waals surface area contributed by atoms with E-state index in [0.717, 1.165) is 11.3 Å². The summed E-state index contributed by atoms with van der Waals surface area (Å²) in [6.07, 6.45) is 3.13. The van der Waals surface area contributed by atoms with E-state index in [1.54, 1.807) is 6.20 Å². The molecule has 1 aromatic carbocycles. The van der Waals surface area contributed by atoms with E-state index in [2.05, 4.69) is 22.1 Å². The second kappa shape index (κ2) is 5.86. The zero-order chi connectivity index (χ0) is 11.1. The maximum atomic E-state index is 3.97. The lowest BCUT2D eigenvalue weighted by Crippen LogP contribution is -1.87. The SMILES string of the molecule is CC.Cc1ccc(-c2cncnn2)cc1. The molecule has 0 radical (unpaired) electrons. The molecule has 0 fully saturated rings. The maximum absolute atomic E-state index is 3.97. The molecule has 2 rings (SSSR count). The highest BCUT2D eigenvalue weighted by Crippen LogP contribution is 2.14. The van der Waals surface area contributed by atoms with Crippen molar-refractivity contribution in [3.8, 4) is 11.3 Å². The average Bonchev–Trinajstić information content (AvgIpc) is 2.34. The minimum atomic E-state index is 0.808. The van der Waals surface area contributed by atoms with Crippen molar-refractivity contribution in [2.75, 3.05) is 0 Å². The van der Waals surface area contributed by atoms with Crippen LogP contribution >= 0.6 is 0 Å². The minimum Gasteiger partial charge on any atom is -0.241 e. The molecule has 0 aliphatic rings. The van der Waals surface area contributed by atoms with Crippen LogP contribution in [-0.4, -0.2) is 15.2 Å². The predicted octanol–water partition coefficient (Wildman–Crippen LogP) is 2.87. The van der Waals surface area contributed by atoms with Crippen molar-refractivity contribution in [2.24, 2.45) is 0 Å². The van der Waals surface area contributed by atoms with Gasteiger partial charge in [0.25, 0.3) is 0 Å². The van der Waals surface area contributed by atoms with Gasteiger partial charge in [-0.25, -0.2) is 4.98 Å². The lowest BCUT2D eigenvalue weighted by Gasteiger charge is -1.98. The van der Waals surface area contributed by atoms with Gasteiger partial charge in [-0.2, -0.15) is 0 Å². The molecule has 0 aliphatic heterocycles. The van der Waals surface area contributed by atoms with Gasteiger partial charge >= 0.3 is 0 Å². The molecule has 0 saturated heterocycles. The van der Waals surface area contributed by atoms with Crippen molar-refractivity contribution in [2.45, 2.75) is 20.8 Å². The van der Waals surface area contributed by atoms with Crippen molar-refractivity contribution in [1.82, 2.24) is 15.2 Å². The van der Waals surface area contributed by atoms with Crippen LogP contribution in [0.25, 0.3) is 11.3 Å². The van der Waals surface area contributed by atoms with Gasteiger partial charge in [-0.3, -0.25) is 0 Å². The van der Waals surface area contributed by atoms with E-state index in [-0.39, 0.29) is 0 Å². The monoisotopic (exact) mass is 201 g/mol. The third-order valence-electron chi connectivity index (χ3n) is 1.83. The summed E-state index contributed by atoms with van der Waals surface area (Å²) in [4.78, 5) is 3.91. The Morgan fingerprint density at radius 2 is 1.67 bits per heavy atom. The first kappa shape index (κ1) is 11.3. The summed E-state index contributed by atoms with van der Waals surface area (Å²) in [6.45, 7) is 6.05. The molecule has 0 bridgehead atoms. The van der Waals surface area contributed by atoms with E-state index >= 15 is 0 Å². The molecule has 1 heterocycles. The zero-order valence-electron chi connectivity index (χ0n) is 9.31. The molecular formula is C12H15N3. The molecule has 0 aliphatic carbocycles. The molecule has 15 heavy (non-hydrogen) atoms. The summed E-state index contributed by atoms with van der Waals surface area (Å²) in [6, 6.07) is 8.12. The van der Waals surface area contributed by atoms with Crippen LogP contribution in [0.2, 0.25) is 0 Å². The lowest BCUT2D eigenvalue weighted by atomic mass is 10.1. The van der Waals surface area contributed by atoms with E-state index in [4.69, 9.17) is 0 Å². The van der Waals surface area contributed by atoms with E-state index < -0.39 is 0 Å². The predicted molar refractivity (Wildman–Crippen MR) is 61.3 cm³/mol. The first-order valence-electron chi connectivity index (χ1n) is 5.06. The van der Waals surface area contributed by atoms with Crippen LogP contribution in [0.5, 0.6) is 0 Å². The van der Waals surface area contributed by atoms with E-state index in [1.165, 1.54) is 11.9 Å². The summed E-state index contributed by atoms with van der Waals surface area (Å²) in [5.41, 5.74) is 3.09. The molecule has 3 heteroatoms. The molecular weight excluding hydrogens is 186 g/mol. The summed E-state index contributed by atoms with van der Waals surface area (Å²) < 4.78 is 0. The Balaban J connectivity index is 0.000000531. The summed E-state index contributed by atoms with van der Waals surface area (Å²) in [5.74, 6) is 0. The fraction of sp³-hybridized carbons (Fsp3) is 0.250. The molecule has 78 valence electrons. The Hall–Kier alpha value is -1.77. The molecule has 0 saturated carbocycles. The normalized spacial score (nSPS) is 9.00. The lowest BCUT2D eigenvalue weighted by molar-refractivity contribution is 0.976. The Bertz CT molecular complexity index is 381. The molecule has 2 aromatic rings. The number of hydrogen-bond donors (Lipinski definition) is 0. The van der Waals surface area contributed by atoms with E-state index in [0.29, 0.717) is 0 Å². The number of rotatable bonds is 1. The number of nitrogens with zero attached hydrogens (tertiary/aromatic N) is 3. The van der Waals surface area contributed by atoms with Crippen LogP contribution in [0.15, 0.2) is 36.8 Å². The summed E-state index contributed by atoms with van der Waals surface area (Å²) in [7, 11) is 0. The van der Waals surface area contributed by atoms with Crippen LogP contribution < -0.4 is 0 Å². The zero-order valence-corrected chi connectivity index (χ0v) is 9.31. The third-order valence-corrected chi connectivity index (χ3v) is 1.83. The Labute approximate surface area is 90.2 Å². The van der Waals surface area contributed by atoms with Crippen LogP contribution in [0, 0.1) is 6.92 Å². The molecule has 0 unspecified atom stereocenters. The van der Waals surface area contributed by atoms with Gasteiger partial charge in [0.2, 0.25) is 0 Å². The number of aryl methyl sites for hydroxylation is 1. The maximum Gasteiger partial charge on any atom is 0.138 e. The highest BCUT2D eigenvalue weighted by molar-refractivity contribution is 5.57. The standard InChI is InChI=1S/C10H9N3.C2H6/c1-8-2-4-9(5-3-8)10-6-11-7-12-13-10;1-2/h2-7H,1H3;1-2H3. The van der Waals surface area contributed by atoms with Crippen molar-refractivity contribution >= 4 is 0 Å². The Kier molecular flexibility index (Phi) is 4.41. The fourth-order valence-electron chi connectivity index (χ4n) is 1.10. The Morgan fingerprint density at radius 1 is 1.00 bits per heavy atom. The quantitative estimate of drug-likeness (QED) is 0.712. The molecule has 3 nitrogen and oxygen atoms in total. The van der Waals surface area contributed by atoms with Gasteiger partial charge in [0, 0.05) is 5.56 Å². The van der Waals surface area contributed by atoms with Gasteiger partial charge in [0.1, 0.15) is 12.0 Å². The smallest absolute Gasteiger partial charge is 0.138 e. The molecule has 1 aromatic heterocycles. The van der Waals surface area contributed by atoms with Gasteiger partial charge in [-0.05, 0) is 6.92 Å².